The molecule has 1 aromatic heterocycles. The van der Waals surface area contributed by atoms with E-state index in [-0.39, 0.29) is 35.6 Å². The Hall–Kier alpha value is -2.31. The lowest BCUT2D eigenvalue weighted by Gasteiger charge is -2.36. The highest BCUT2D eigenvalue weighted by Gasteiger charge is 2.38. The first-order valence-corrected chi connectivity index (χ1v) is 13.4. The summed E-state index contributed by atoms with van der Waals surface area (Å²) in [7, 11) is -7.91. The zero-order chi connectivity index (χ0) is 23.3. The van der Waals surface area contributed by atoms with Gasteiger partial charge in [-0.1, -0.05) is 12.1 Å². The molecular weight excluding hydrogens is 462 g/mol. The minimum Gasteiger partial charge on any atom is -0.361 e. The van der Waals surface area contributed by atoms with Gasteiger partial charge in [0.1, 0.15) is 10.6 Å². The largest absolute Gasteiger partial charge is 0.361 e. The van der Waals surface area contributed by atoms with Crippen molar-refractivity contribution in [1.29, 1.82) is 0 Å². The number of rotatable bonds is 4. The predicted octanol–water partition coefficient (Wildman–Crippen LogP) is 2.18. The maximum atomic E-state index is 15.5. The van der Waals surface area contributed by atoms with Crippen LogP contribution in [0.2, 0.25) is 0 Å². The number of halogens is 2. The molecule has 0 radical (unpaired) electrons. The van der Waals surface area contributed by atoms with E-state index in [4.69, 9.17) is 5.14 Å². The van der Waals surface area contributed by atoms with Crippen molar-refractivity contribution < 1.29 is 25.6 Å². The third-order valence-corrected chi connectivity index (χ3v) is 8.61. The number of pyridine rings is 1. The molecule has 1 atom stereocenters. The molecule has 8 nitrogen and oxygen atoms in total. The summed E-state index contributed by atoms with van der Waals surface area (Å²) in [6.07, 6.45) is 2.54. The maximum Gasteiger partial charge on any atom is 0.239 e. The number of nitrogens with zero attached hydrogens (tertiary/aromatic N) is 3. The van der Waals surface area contributed by atoms with Gasteiger partial charge >= 0.3 is 0 Å². The number of aromatic nitrogens is 1. The molecule has 2 aliphatic heterocycles. The average Bonchev–Trinajstić information content (AvgIpc) is 2.72. The molecule has 3 heterocycles. The Morgan fingerprint density at radius 3 is 2.47 bits per heavy atom. The fourth-order valence-corrected chi connectivity index (χ4v) is 6.31. The Labute approximate surface area is 186 Å². The minimum absolute atomic E-state index is 0.0466. The first-order chi connectivity index (χ1) is 15.0. The molecule has 174 valence electrons. The molecule has 32 heavy (non-hydrogen) atoms. The second kappa shape index (κ2) is 8.23. The summed E-state index contributed by atoms with van der Waals surface area (Å²) in [5, 5.41) is 5.10. The standard InChI is InChI=1S/C20H24F2N4O4S2/c1-13-4-2-3-9-26(13)20-16(21)18-17(19(22)24-20)25(10-11-31(18,27)28)12-14-5-7-15(8-6-14)32(23,29)30/h5-8,13H,2-4,9-12H2,1H3,(H2,23,29,30)/t13-/m0/s1. The van der Waals surface area contributed by atoms with Crippen molar-refractivity contribution in [2.24, 2.45) is 5.14 Å². The number of hydrogen-bond acceptors (Lipinski definition) is 7. The zero-order valence-corrected chi connectivity index (χ0v) is 19.1. The molecule has 0 saturated carbocycles. The van der Waals surface area contributed by atoms with Crippen LogP contribution in [0, 0.1) is 11.8 Å². The van der Waals surface area contributed by atoms with Gasteiger partial charge in [-0.25, -0.2) is 26.4 Å². The Balaban J connectivity index is 1.75. The number of benzene rings is 1. The molecule has 2 aliphatic rings. The molecule has 0 amide bonds. The van der Waals surface area contributed by atoms with Gasteiger partial charge in [0.25, 0.3) is 0 Å². The van der Waals surface area contributed by atoms with Crippen molar-refractivity contribution in [3.05, 3.63) is 41.6 Å². The van der Waals surface area contributed by atoms with Gasteiger partial charge in [-0.2, -0.15) is 9.37 Å². The van der Waals surface area contributed by atoms with Crippen LogP contribution in [0.25, 0.3) is 0 Å². The van der Waals surface area contributed by atoms with Gasteiger partial charge in [-0.05, 0) is 43.9 Å². The molecule has 0 unspecified atom stereocenters. The summed E-state index contributed by atoms with van der Waals surface area (Å²) in [6.45, 7) is 2.35. The van der Waals surface area contributed by atoms with Gasteiger partial charge in [0.15, 0.2) is 21.5 Å². The Kier molecular flexibility index (Phi) is 5.88. The lowest BCUT2D eigenvalue weighted by atomic mass is 10.0. The van der Waals surface area contributed by atoms with E-state index in [0.29, 0.717) is 12.1 Å². The third kappa shape index (κ3) is 4.18. The molecule has 4 rings (SSSR count). The van der Waals surface area contributed by atoms with Crippen molar-refractivity contribution in [2.45, 2.75) is 48.6 Å². The highest BCUT2D eigenvalue weighted by Crippen LogP contribution is 2.39. The van der Waals surface area contributed by atoms with E-state index in [1.165, 1.54) is 29.2 Å². The molecule has 1 fully saturated rings. The highest BCUT2D eigenvalue weighted by molar-refractivity contribution is 7.91. The van der Waals surface area contributed by atoms with Crippen LogP contribution in [0.1, 0.15) is 31.7 Å². The number of piperidine rings is 1. The van der Waals surface area contributed by atoms with Crippen LogP contribution in [-0.4, -0.2) is 46.7 Å². The van der Waals surface area contributed by atoms with Crippen LogP contribution in [0.5, 0.6) is 0 Å². The zero-order valence-electron chi connectivity index (χ0n) is 17.5. The number of sulfonamides is 1. The van der Waals surface area contributed by atoms with Crippen molar-refractivity contribution in [3.8, 4) is 0 Å². The third-order valence-electron chi connectivity index (χ3n) is 5.97. The normalized spacial score (nSPS) is 20.8. The van der Waals surface area contributed by atoms with Crippen LogP contribution in [0.15, 0.2) is 34.1 Å². The summed E-state index contributed by atoms with van der Waals surface area (Å²) in [5.74, 6) is -2.70. The molecule has 2 N–H and O–H groups in total. The van der Waals surface area contributed by atoms with E-state index in [9.17, 15) is 16.8 Å². The van der Waals surface area contributed by atoms with Crippen molar-refractivity contribution in [2.75, 3.05) is 28.6 Å². The number of primary sulfonamides is 1. The fraction of sp³-hybridized carbons (Fsp3) is 0.450. The maximum absolute atomic E-state index is 15.5. The van der Waals surface area contributed by atoms with E-state index >= 15 is 8.78 Å². The molecule has 0 bridgehead atoms. The quantitative estimate of drug-likeness (QED) is 0.659. The smallest absolute Gasteiger partial charge is 0.239 e. The van der Waals surface area contributed by atoms with E-state index < -0.39 is 42.2 Å². The summed E-state index contributed by atoms with van der Waals surface area (Å²) >= 11 is 0. The molecule has 0 spiro atoms. The summed E-state index contributed by atoms with van der Waals surface area (Å²) < 4.78 is 79.1. The second-order valence-electron chi connectivity index (χ2n) is 8.19. The molecule has 2 aromatic rings. The molecule has 0 aliphatic carbocycles. The average molecular weight is 487 g/mol. The predicted molar refractivity (Wildman–Crippen MR) is 116 cm³/mol. The van der Waals surface area contributed by atoms with Crippen LogP contribution < -0.4 is 14.9 Å². The van der Waals surface area contributed by atoms with E-state index in [1.54, 1.807) is 4.90 Å². The first-order valence-electron chi connectivity index (χ1n) is 10.2. The van der Waals surface area contributed by atoms with Crippen molar-refractivity contribution in [1.82, 2.24) is 4.98 Å². The number of nitrogens with two attached hydrogens (primary N) is 1. The highest BCUT2D eigenvalue weighted by atomic mass is 32.2. The van der Waals surface area contributed by atoms with Gasteiger partial charge in [-0.3, -0.25) is 0 Å². The number of sulfone groups is 1. The van der Waals surface area contributed by atoms with Crippen LogP contribution >= 0.6 is 0 Å². The SMILES string of the molecule is C[C@H]1CCCCN1c1nc(F)c2c(c1F)S(=O)(=O)CCN2Cc1ccc(S(N)(=O)=O)cc1. The summed E-state index contributed by atoms with van der Waals surface area (Å²) in [5.41, 5.74) is 0.189. The van der Waals surface area contributed by atoms with Gasteiger partial charge in [0, 0.05) is 25.7 Å². The van der Waals surface area contributed by atoms with Crippen LogP contribution in [0.3, 0.4) is 0 Å². The molecule has 1 saturated heterocycles. The minimum atomic E-state index is -4.04. The molecule has 1 aromatic carbocycles. The second-order valence-corrected chi connectivity index (χ2v) is 11.8. The number of anilines is 2. The van der Waals surface area contributed by atoms with Crippen LogP contribution in [-0.2, 0) is 26.4 Å². The topological polar surface area (TPSA) is 114 Å². The Morgan fingerprint density at radius 1 is 1.16 bits per heavy atom. The number of hydrogen-bond donors (Lipinski definition) is 1. The van der Waals surface area contributed by atoms with E-state index in [1.807, 2.05) is 6.92 Å². The van der Waals surface area contributed by atoms with E-state index in [0.717, 1.165) is 19.3 Å². The number of fused-ring (bicyclic) bond motifs is 1. The fourth-order valence-electron chi connectivity index (χ4n) is 4.26. The van der Waals surface area contributed by atoms with Crippen LogP contribution in [0.4, 0.5) is 20.3 Å². The lowest BCUT2D eigenvalue weighted by Crippen LogP contribution is -2.41. The summed E-state index contributed by atoms with van der Waals surface area (Å²) in [6, 6.07) is 5.52. The molecular formula is C20H24F2N4O4S2. The van der Waals surface area contributed by atoms with Crippen molar-refractivity contribution >= 4 is 31.4 Å². The Bertz CT molecular complexity index is 1250. The van der Waals surface area contributed by atoms with Gasteiger partial charge in [0.05, 0.1) is 10.6 Å². The van der Waals surface area contributed by atoms with Gasteiger partial charge < -0.3 is 9.80 Å². The van der Waals surface area contributed by atoms with Gasteiger partial charge in [-0.15, -0.1) is 0 Å². The van der Waals surface area contributed by atoms with Crippen molar-refractivity contribution in [3.63, 3.8) is 0 Å². The Morgan fingerprint density at radius 2 is 1.84 bits per heavy atom. The van der Waals surface area contributed by atoms with E-state index in [2.05, 4.69) is 4.98 Å². The lowest BCUT2D eigenvalue weighted by molar-refractivity contribution is 0.456. The van der Waals surface area contributed by atoms with Gasteiger partial charge in [0.2, 0.25) is 16.0 Å². The molecule has 12 heteroatoms. The first kappa shape index (κ1) is 22.9. The monoisotopic (exact) mass is 486 g/mol. The summed E-state index contributed by atoms with van der Waals surface area (Å²) in [4.78, 5) is 6.14.